The molecule has 5 nitrogen and oxygen atoms in total. The highest BCUT2D eigenvalue weighted by molar-refractivity contribution is 5.91. The summed E-state index contributed by atoms with van der Waals surface area (Å²) in [7, 11) is 1.64. The fraction of sp³-hybridized carbons (Fsp3) is 0.375. The molecule has 21 heavy (non-hydrogen) atoms. The number of methoxy groups -OCH3 is 1. The molecule has 1 aromatic carbocycles. The SMILES string of the molecule is COc1ccc2[nH]c(C)c3c2c1CN(C(=O)CC#N)CC3. The summed E-state index contributed by atoms with van der Waals surface area (Å²) >= 11 is 0. The number of nitrogens with one attached hydrogen (secondary N) is 1. The molecule has 0 unspecified atom stereocenters. The fourth-order valence-corrected chi connectivity index (χ4v) is 3.11. The average molecular weight is 283 g/mol. The van der Waals surface area contributed by atoms with Crippen molar-refractivity contribution in [1.29, 1.82) is 5.26 Å². The van der Waals surface area contributed by atoms with Crippen LogP contribution in [0.3, 0.4) is 0 Å². The monoisotopic (exact) mass is 283 g/mol. The highest BCUT2D eigenvalue weighted by Crippen LogP contribution is 2.35. The van der Waals surface area contributed by atoms with Crippen molar-refractivity contribution < 1.29 is 9.53 Å². The number of carbonyl (C=O) groups excluding carboxylic acids is 1. The Hall–Kier alpha value is -2.48. The molecule has 2 aromatic rings. The molecule has 1 aliphatic heterocycles. The topological polar surface area (TPSA) is 69.1 Å². The Morgan fingerprint density at radius 3 is 3.00 bits per heavy atom. The van der Waals surface area contributed by atoms with Crippen LogP contribution in [-0.2, 0) is 17.8 Å². The summed E-state index contributed by atoms with van der Waals surface area (Å²) in [6, 6.07) is 5.88. The standard InChI is InChI=1S/C16H17N3O2/c1-10-11-6-8-19(15(20)5-7-17)9-12-14(21-2)4-3-13(18-10)16(11)12/h3-4,18H,5-6,8-9H2,1-2H3. The summed E-state index contributed by atoms with van der Waals surface area (Å²) in [5, 5.41) is 9.91. The van der Waals surface area contributed by atoms with Crippen molar-refractivity contribution >= 4 is 16.8 Å². The van der Waals surface area contributed by atoms with E-state index in [9.17, 15) is 4.79 Å². The number of carbonyl (C=O) groups is 1. The number of amides is 1. The number of hydrogen-bond donors (Lipinski definition) is 1. The van der Waals surface area contributed by atoms with Crippen LogP contribution in [0.25, 0.3) is 10.9 Å². The number of aromatic amines is 1. The van der Waals surface area contributed by atoms with Crippen LogP contribution < -0.4 is 4.74 Å². The molecule has 0 radical (unpaired) electrons. The molecule has 1 aliphatic rings. The highest BCUT2D eigenvalue weighted by atomic mass is 16.5. The first-order chi connectivity index (χ1) is 10.2. The highest BCUT2D eigenvalue weighted by Gasteiger charge is 2.24. The molecule has 5 heteroatoms. The van der Waals surface area contributed by atoms with Gasteiger partial charge in [0.15, 0.2) is 0 Å². The van der Waals surface area contributed by atoms with E-state index in [1.54, 1.807) is 12.0 Å². The number of aryl methyl sites for hydroxylation is 1. The van der Waals surface area contributed by atoms with Crippen molar-refractivity contribution in [1.82, 2.24) is 9.88 Å². The van der Waals surface area contributed by atoms with Gasteiger partial charge in [0.25, 0.3) is 0 Å². The smallest absolute Gasteiger partial charge is 0.237 e. The minimum Gasteiger partial charge on any atom is -0.496 e. The maximum absolute atomic E-state index is 12.1. The lowest BCUT2D eigenvalue weighted by Crippen LogP contribution is -2.31. The lowest BCUT2D eigenvalue weighted by Gasteiger charge is -2.21. The zero-order chi connectivity index (χ0) is 15.0. The second-order valence-corrected chi connectivity index (χ2v) is 5.30. The second-order valence-electron chi connectivity index (χ2n) is 5.30. The molecule has 1 aromatic heterocycles. The van der Waals surface area contributed by atoms with E-state index in [0.29, 0.717) is 13.1 Å². The molecule has 0 bridgehead atoms. The van der Waals surface area contributed by atoms with Crippen LogP contribution in [0.1, 0.15) is 23.2 Å². The minimum absolute atomic E-state index is 0.0758. The van der Waals surface area contributed by atoms with Crippen molar-refractivity contribution in [2.45, 2.75) is 26.3 Å². The molecule has 0 spiro atoms. The maximum atomic E-state index is 12.1. The zero-order valence-corrected chi connectivity index (χ0v) is 12.2. The van der Waals surface area contributed by atoms with Crippen LogP contribution in [0.15, 0.2) is 12.1 Å². The average Bonchev–Trinajstić information content (AvgIpc) is 2.67. The Bertz CT molecular complexity index is 755. The van der Waals surface area contributed by atoms with Gasteiger partial charge in [0.2, 0.25) is 5.91 Å². The molecular formula is C16H17N3O2. The lowest BCUT2D eigenvalue weighted by atomic mass is 10.0. The number of nitrogens with zero attached hydrogens (tertiary/aromatic N) is 2. The second kappa shape index (κ2) is 5.13. The van der Waals surface area contributed by atoms with E-state index < -0.39 is 0 Å². The van der Waals surface area contributed by atoms with Crippen LogP contribution in [0.5, 0.6) is 5.75 Å². The first kappa shape index (κ1) is 13.5. The summed E-state index contributed by atoms with van der Waals surface area (Å²) in [6.07, 6.45) is 0.719. The van der Waals surface area contributed by atoms with Crippen molar-refractivity contribution in [3.8, 4) is 11.8 Å². The largest absolute Gasteiger partial charge is 0.496 e. The van der Waals surface area contributed by atoms with Gasteiger partial charge in [0.1, 0.15) is 12.2 Å². The van der Waals surface area contributed by atoms with Gasteiger partial charge in [-0.05, 0) is 31.0 Å². The Labute approximate surface area is 123 Å². The third-order valence-electron chi connectivity index (χ3n) is 4.13. The molecule has 0 fully saturated rings. The molecule has 0 aliphatic carbocycles. The summed E-state index contributed by atoms with van der Waals surface area (Å²) in [5.41, 5.74) is 4.48. The van der Waals surface area contributed by atoms with E-state index in [2.05, 4.69) is 11.9 Å². The summed E-state index contributed by atoms with van der Waals surface area (Å²) in [4.78, 5) is 17.2. The van der Waals surface area contributed by atoms with Gasteiger partial charge in [0.05, 0.1) is 13.2 Å². The molecule has 0 saturated carbocycles. The van der Waals surface area contributed by atoms with E-state index in [1.165, 1.54) is 10.9 Å². The molecule has 108 valence electrons. The van der Waals surface area contributed by atoms with E-state index >= 15 is 0 Å². The predicted octanol–water partition coefficient (Wildman–Crippen LogP) is 2.28. The van der Waals surface area contributed by atoms with Gasteiger partial charge in [-0.2, -0.15) is 5.26 Å². The Kier molecular flexibility index (Phi) is 3.30. The molecular weight excluding hydrogens is 266 g/mol. The van der Waals surface area contributed by atoms with Crippen LogP contribution in [-0.4, -0.2) is 29.4 Å². The van der Waals surface area contributed by atoms with E-state index in [0.717, 1.165) is 28.9 Å². The zero-order valence-electron chi connectivity index (χ0n) is 12.2. The number of rotatable bonds is 2. The summed E-state index contributed by atoms with van der Waals surface area (Å²) in [5.74, 6) is 0.669. The van der Waals surface area contributed by atoms with Crippen molar-refractivity contribution in [2.24, 2.45) is 0 Å². The van der Waals surface area contributed by atoms with E-state index in [-0.39, 0.29) is 12.3 Å². The molecule has 1 amide bonds. The Morgan fingerprint density at radius 1 is 1.48 bits per heavy atom. The first-order valence-corrected chi connectivity index (χ1v) is 6.97. The maximum Gasteiger partial charge on any atom is 0.237 e. The van der Waals surface area contributed by atoms with Gasteiger partial charge >= 0.3 is 0 Å². The number of nitriles is 1. The number of ether oxygens (including phenoxy) is 1. The molecule has 0 atom stereocenters. The van der Waals surface area contributed by atoms with Crippen LogP contribution in [0.2, 0.25) is 0 Å². The third kappa shape index (κ3) is 2.13. The number of H-pyrrole nitrogens is 1. The molecule has 1 N–H and O–H groups in total. The van der Waals surface area contributed by atoms with Gasteiger partial charge in [0, 0.05) is 35.2 Å². The van der Waals surface area contributed by atoms with Crippen LogP contribution in [0.4, 0.5) is 0 Å². The normalized spacial score (nSPS) is 13.9. The number of benzene rings is 1. The van der Waals surface area contributed by atoms with Gasteiger partial charge in [-0.25, -0.2) is 0 Å². The van der Waals surface area contributed by atoms with E-state index in [4.69, 9.17) is 10.00 Å². The minimum atomic E-state index is -0.122. The quantitative estimate of drug-likeness (QED) is 0.919. The summed E-state index contributed by atoms with van der Waals surface area (Å²) in [6.45, 7) is 3.18. The third-order valence-corrected chi connectivity index (χ3v) is 4.13. The van der Waals surface area contributed by atoms with Gasteiger partial charge in [-0.15, -0.1) is 0 Å². The molecule has 2 heterocycles. The Balaban J connectivity index is 2.13. The predicted molar refractivity (Wildman–Crippen MR) is 78.9 cm³/mol. The van der Waals surface area contributed by atoms with Gasteiger partial charge < -0.3 is 14.6 Å². The van der Waals surface area contributed by atoms with Crippen LogP contribution >= 0.6 is 0 Å². The lowest BCUT2D eigenvalue weighted by molar-refractivity contribution is -0.130. The molecule has 0 saturated heterocycles. The fourth-order valence-electron chi connectivity index (χ4n) is 3.11. The number of aromatic nitrogens is 1. The van der Waals surface area contributed by atoms with Crippen LogP contribution in [0, 0.1) is 18.3 Å². The van der Waals surface area contributed by atoms with E-state index in [1.807, 2.05) is 18.2 Å². The Morgan fingerprint density at radius 2 is 2.29 bits per heavy atom. The van der Waals surface area contributed by atoms with Crippen molar-refractivity contribution in [3.63, 3.8) is 0 Å². The summed E-state index contributed by atoms with van der Waals surface area (Å²) < 4.78 is 5.47. The molecule has 3 rings (SSSR count). The van der Waals surface area contributed by atoms with Crippen molar-refractivity contribution in [2.75, 3.05) is 13.7 Å². The first-order valence-electron chi connectivity index (χ1n) is 6.97. The van der Waals surface area contributed by atoms with Crippen molar-refractivity contribution in [3.05, 3.63) is 29.0 Å². The van der Waals surface area contributed by atoms with Gasteiger partial charge in [-0.3, -0.25) is 4.79 Å². The number of hydrogen-bond acceptors (Lipinski definition) is 3. The van der Waals surface area contributed by atoms with Gasteiger partial charge in [-0.1, -0.05) is 0 Å².